The SMILES string of the molecule is CC(C)[C@H](C(=O)OC(C)(C)C)N(CCBr)S(=O)(=O)c1ccc(OCc2ccccc2)cc1N. The lowest BCUT2D eigenvalue weighted by Gasteiger charge is -2.33. The number of rotatable bonds is 10. The Balaban J connectivity index is 2.35. The van der Waals surface area contributed by atoms with Gasteiger partial charge in [-0.2, -0.15) is 4.31 Å². The third-order valence-corrected chi connectivity index (χ3v) is 7.02. The van der Waals surface area contributed by atoms with Crippen LogP contribution in [-0.2, 0) is 26.2 Å². The Kier molecular flexibility index (Phi) is 9.34. The number of carbonyl (C=O) groups excluding carboxylic acids is 1. The molecule has 0 aliphatic heterocycles. The standard InChI is InChI=1S/C24H33BrN2O5S/c1-17(2)22(23(28)32-24(3,4)5)27(14-13-25)33(29,30)21-12-11-19(15-20(21)26)31-16-18-9-7-6-8-10-18/h6-12,15,17,22H,13-14,16,26H2,1-5H3/t22-/m1/s1. The number of anilines is 1. The predicted molar refractivity (Wildman–Crippen MR) is 134 cm³/mol. The molecule has 182 valence electrons. The number of nitrogen functional groups attached to an aromatic ring is 1. The highest BCUT2D eigenvalue weighted by Crippen LogP contribution is 2.30. The van der Waals surface area contributed by atoms with Crippen LogP contribution in [0.4, 0.5) is 5.69 Å². The summed E-state index contributed by atoms with van der Waals surface area (Å²) in [6.45, 7) is 9.23. The van der Waals surface area contributed by atoms with E-state index in [1.807, 2.05) is 30.3 Å². The van der Waals surface area contributed by atoms with Gasteiger partial charge in [-0.25, -0.2) is 8.42 Å². The summed E-state index contributed by atoms with van der Waals surface area (Å²) in [4.78, 5) is 12.9. The van der Waals surface area contributed by atoms with Crippen LogP contribution in [0, 0.1) is 5.92 Å². The zero-order valence-corrected chi connectivity index (χ0v) is 22.1. The highest BCUT2D eigenvalue weighted by Gasteiger charge is 2.40. The van der Waals surface area contributed by atoms with E-state index in [-0.39, 0.29) is 23.0 Å². The van der Waals surface area contributed by atoms with Crippen molar-refractivity contribution in [2.75, 3.05) is 17.6 Å². The lowest BCUT2D eigenvalue weighted by atomic mass is 10.0. The van der Waals surface area contributed by atoms with Crippen LogP contribution in [0.15, 0.2) is 53.4 Å². The Morgan fingerprint density at radius 2 is 1.76 bits per heavy atom. The summed E-state index contributed by atoms with van der Waals surface area (Å²) in [5.41, 5.74) is 6.43. The van der Waals surface area contributed by atoms with E-state index >= 15 is 0 Å². The lowest BCUT2D eigenvalue weighted by molar-refractivity contribution is -0.161. The number of benzene rings is 2. The number of nitrogens with two attached hydrogens (primary N) is 1. The van der Waals surface area contributed by atoms with Crippen LogP contribution < -0.4 is 10.5 Å². The summed E-state index contributed by atoms with van der Waals surface area (Å²) >= 11 is 3.31. The van der Waals surface area contributed by atoms with Crippen LogP contribution in [0.25, 0.3) is 0 Å². The first-order valence-corrected chi connectivity index (χ1v) is 13.3. The Bertz CT molecular complexity index is 1040. The molecule has 0 amide bonds. The Labute approximate surface area is 205 Å². The van der Waals surface area contributed by atoms with E-state index in [9.17, 15) is 13.2 Å². The van der Waals surface area contributed by atoms with Crippen molar-refractivity contribution in [3.05, 3.63) is 54.1 Å². The molecule has 0 fully saturated rings. The Morgan fingerprint density at radius 1 is 1.12 bits per heavy atom. The molecule has 0 aliphatic carbocycles. The van der Waals surface area contributed by atoms with Gasteiger partial charge in [0.25, 0.3) is 0 Å². The molecule has 0 spiro atoms. The van der Waals surface area contributed by atoms with Gasteiger partial charge in [0.15, 0.2) is 0 Å². The molecule has 2 rings (SSSR count). The monoisotopic (exact) mass is 540 g/mol. The van der Waals surface area contributed by atoms with Gasteiger partial charge in [-0.1, -0.05) is 60.1 Å². The molecule has 2 aromatic rings. The molecule has 2 N–H and O–H groups in total. The number of ether oxygens (including phenoxy) is 2. The van der Waals surface area contributed by atoms with Crippen molar-refractivity contribution in [3.63, 3.8) is 0 Å². The fourth-order valence-corrected chi connectivity index (χ4v) is 5.72. The third kappa shape index (κ3) is 7.45. The van der Waals surface area contributed by atoms with Gasteiger partial charge < -0.3 is 15.2 Å². The minimum atomic E-state index is -4.10. The molecule has 7 nitrogen and oxygen atoms in total. The van der Waals surface area contributed by atoms with Gasteiger partial charge in [-0.05, 0) is 44.4 Å². The average Bonchev–Trinajstić information content (AvgIpc) is 2.71. The van der Waals surface area contributed by atoms with Crippen molar-refractivity contribution in [2.45, 2.75) is 57.8 Å². The summed E-state index contributed by atoms with van der Waals surface area (Å²) in [5.74, 6) is -0.457. The van der Waals surface area contributed by atoms with Crippen LogP contribution in [0.5, 0.6) is 5.75 Å². The molecule has 0 unspecified atom stereocenters. The molecule has 0 radical (unpaired) electrons. The van der Waals surface area contributed by atoms with Gasteiger partial charge in [0.05, 0.1) is 5.69 Å². The minimum Gasteiger partial charge on any atom is -0.489 e. The molecular weight excluding hydrogens is 508 g/mol. The molecule has 0 saturated carbocycles. The second kappa shape index (κ2) is 11.4. The van der Waals surface area contributed by atoms with E-state index < -0.39 is 27.6 Å². The number of hydrogen-bond acceptors (Lipinski definition) is 6. The largest absolute Gasteiger partial charge is 0.489 e. The zero-order chi connectivity index (χ0) is 24.8. The predicted octanol–water partition coefficient (Wildman–Crippen LogP) is 4.60. The van der Waals surface area contributed by atoms with E-state index in [4.69, 9.17) is 15.2 Å². The molecule has 2 aromatic carbocycles. The topological polar surface area (TPSA) is 98.9 Å². The van der Waals surface area contributed by atoms with Crippen LogP contribution in [0.2, 0.25) is 0 Å². The first-order valence-electron chi connectivity index (χ1n) is 10.7. The van der Waals surface area contributed by atoms with Crippen molar-refractivity contribution >= 4 is 37.6 Å². The number of carbonyl (C=O) groups is 1. The molecule has 0 saturated heterocycles. The molecule has 1 atom stereocenters. The molecule has 0 aromatic heterocycles. The number of nitrogens with zero attached hydrogens (tertiary/aromatic N) is 1. The number of sulfonamides is 1. The summed E-state index contributed by atoms with van der Waals surface area (Å²) < 4.78 is 39.7. The van der Waals surface area contributed by atoms with Gasteiger partial charge >= 0.3 is 5.97 Å². The summed E-state index contributed by atoms with van der Waals surface area (Å²) in [6, 6.07) is 13.1. The first-order chi connectivity index (χ1) is 15.4. The third-order valence-electron chi connectivity index (χ3n) is 4.71. The number of hydrogen-bond donors (Lipinski definition) is 1. The van der Waals surface area contributed by atoms with Crippen molar-refractivity contribution in [1.29, 1.82) is 0 Å². The normalized spacial score (nSPS) is 13.2. The Hall–Kier alpha value is -2.10. The van der Waals surface area contributed by atoms with Gasteiger partial charge in [0.1, 0.15) is 28.9 Å². The first kappa shape index (κ1) is 27.1. The second-order valence-electron chi connectivity index (χ2n) is 9.00. The summed E-state index contributed by atoms with van der Waals surface area (Å²) in [6.07, 6.45) is 0. The van der Waals surface area contributed by atoms with E-state index in [0.717, 1.165) is 9.87 Å². The molecule has 9 heteroatoms. The fourth-order valence-electron chi connectivity index (χ4n) is 3.29. The van der Waals surface area contributed by atoms with E-state index in [1.165, 1.54) is 12.1 Å². The maximum absolute atomic E-state index is 13.6. The van der Waals surface area contributed by atoms with Gasteiger partial charge in [-0.15, -0.1) is 0 Å². The van der Waals surface area contributed by atoms with Gasteiger partial charge in [-0.3, -0.25) is 4.79 Å². The number of esters is 1. The quantitative estimate of drug-likeness (QED) is 0.268. The van der Waals surface area contributed by atoms with Crippen molar-refractivity contribution in [1.82, 2.24) is 4.31 Å². The lowest BCUT2D eigenvalue weighted by Crippen LogP contribution is -2.50. The minimum absolute atomic E-state index is 0.0480. The maximum atomic E-state index is 13.6. The highest BCUT2D eigenvalue weighted by atomic mass is 79.9. The average molecular weight is 542 g/mol. The van der Waals surface area contributed by atoms with Crippen molar-refractivity contribution < 1.29 is 22.7 Å². The maximum Gasteiger partial charge on any atom is 0.325 e. The van der Waals surface area contributed by atoms with E-state index in [2.05, 4.69) is 15.9 Å². The molecule has 0 aliphatic rings. The van der Waals surface area contributed by atoms with Gasteiger partial charge in [0, 0.05) is 17.9 Å². The van der Waals surface area contributed by atoms with Crippen molar-refractivity contribution in [2.24, 2.45) is 5.92 Å². The molecular formula is C24H33BrN2O5S. The Morgan fingerprint density at radius 3 is 2.27 bits per heavy atom. The summed E-state index contributed by atoms with van der Waals surface area (Å²) in [7, 11) is -4.10. The summed E-state index contributed by atoms with van der Waals surface area (Å²) in [5, 5.41) is 0.344. The molecule has 0 heterocycles. The fraction of sp³-hybridized carbons (Fsp3) is 0.458. The van der Waals surface area contributed by atoms with E-state index in [0.29, 0.717) is 17.7 Å². The van der Waals surface area contributed by atoms with Crippen LogP contribution >= 0.6 is 15.9 Å². The zero-order valence-electron chi connectivity index (χ0n) is 19.7. The second-order valence-corrected chi connectivity index (χ2v) is 11.7. The smallest absolute Gasteiger partial charge is 0.325 e. The van der Waals surface area contributed by atoms with Crippen LogP contribution in [-0.4, -0.2) is 42.2 Å². The van der Waals surface area contributed by atoms with Crippen LogP contribution in [0.3, 0.4) is 0 Å². The number of alkyl halides is 1. The highest BCUT2D eigenvalue weighted by molar-refractivity contribution is 9.09. The van der Waals surface area contributed by atoms with Crippen molar-refractivity contribution in [3.8, 4) is 5.75 Å². The number of halogens is 1. The van der Waals surface area contributed by atoms with E-state index in [1.54, 1.807) is 40.7 Å². The molecule has 33 heavy (non-hydrogen) atoms. The van der Waals surface area contributed by atoms with Crippen LogP contribution in [0.1, 0.15) is 40.2 Å². The van der Waals surface area contributed by atoms with Gasteiger partial charge in [0.2, 0.25) is 10.0 Å². The molecule has 0 bridgehead atoms.